The van der Waals surface area contributed by atoms with Gasteiger partial charge in [0, 0.05) is 13.2 Å². The van der Waals surface area contributed by atoms with E-state index < -0.39 is 5.60 Å². The Hall–Kier alpha value is -2.26. The Bertz CT molecular complexity index is 855. The minimum absolute atomic E-state index is 0.172. The number of rotatable bonds is 6. The summed E-state index contributed by atoms with van der Waals surface area (Å²) in [5, 5.41) is 9.18. The molecule has 5 heteroatoms. The standard InChI is InChI=1S/C23H24FNO3/c24-20-7-5-19(6-8-20)23(10-2-12-27-21-3-1-11-26-16-21)22-9-4-17(14-25)13-18(22)15-28-23/h4-9,13,21H,1-3,10-12,15-16H2. The Morgan fingerprint density at radius 1 is 1.21 bits per heavy atom. The lowest BCUT2D eigenvalue weighted by atomic mass is 9.81. The van der Waals surface area contributed by atoms with Crippen molar-refractivity contribution in [2.75, 3.05) is 19.8 Å². The van der Waals surface area contributed by atoms with Crippen LogP contribution in [0.2, 0.25) is 0 Å². The second kappa shape index (κ2) is 8.40. The van der Waals surface area contributed by atoms with Gasteiger partial charge in [-0.1, -0.05) is 18.2 Å². The fourth-order valence-corrected chi connectivity index (χ4v) is 4.18. The molecule has 1 saturated heterocycles. The normalized spacial score (nSPS) is 23.9. The average molecular weight is 381 g/mol. The summed E-state index contributed by atoms with van der Waals surface area (Å²) in [7, 11) is 0. The molecule has 0 aromatic heterocycles. The molecule has 0 saturated carbocycles. The molecule has 2 aliphatic heterocycles. The van der Waals surface area contributed by atoms with Crippen molar-refractivity contribution in [3.05, 3.63) is 70.5 Å². The predicted molar refractivity (Wildman–Crippen MR) is 102 cm³/mol. The van der Waals surface area contributed by atoms with Crippen LogP contribution in [0.5, 0.6) is 0 Å². The second-order valence-electron chi connectivity index (χ2n) is 7.42. The van der Waals surface area contributed by atoms with Crippen LogP contribution >= 0.6 is 0 Å². The van der Waals surface area contributed by atoms with E-state index in [0.717, 1.165) is 49.0 Å². The van der Waals surface area contributed by atoms with Gasteiger partial charge in [0.05, 0.1) is 31.0 Å². The van der Waals surface area contributed by atoms with E-state index >= 15 is 0 Å². The van der Waals surface area contributed by atoms with Gasteiger partial charge in [0.2, 0.25) is 0 Å². The second-order valence-corrected chi connectivity index (χ2v) is 7.42. The molecule has 4 nitrogen and oxygen atoms in total. The fraction of sp³-hybridized carbons (Fsp3) is 0.435. The highest BCUT2D eigenvalue weighted by Crippen LogP contribution is 2.45. The van der Waals surface area contributed by atoms with Crippen molar-refractivity contribution in [1.29, 1.82) is 5.26 Å². The van der Waals surface area contributed by atoms with Gasteiger partial charge in [0.15, 0.2) is 0 Å². The molecule has 2 aliphatic rings. The van der Waals surface area contributed by atoms with Crippen LogP contribution in [-0.4, -0.2) is 25.9 Å². The molecule has 2 aromatic rings. The van der Waals surface area contributed by atoms with Gasteiger partial charge in [0.1, 0.15) is 11.4 Å². The maximum atomic E-state index is 13.5. The molecule has 0 aliphatic carbocycles. The quantitative estimate of drug-likeness (QED) is 0.694. The van der Waals surface area contributed by atoms with Crippen LogP contribution in [0.4, 0.5) is 4.39 Å². The van der Waals surface area contributed by atoms with Crippen molar-refractivity contribution in [3.8, 4) is 6.07 Å². The number of nitrogens with zero attached hydrogens (tertiary/aromatic N) is 1. The summed E-state index contributed by atoms with van der Waals surface area (Å²) in [6, 6.07) is 14.4. The molecular weight excluding hydrogens is 357 g/mol. The highest BCUT2D eigenvalue weighted by molar-refractivity contribution is 5.47. The van der Waals surface area contributed by atoms with E-state index in [1.165, 1.54) is 12.1 Å². The first-order valence-corrected chi connectivity index (χ1v) is 9.84. The van der Waals surface area contributed by atoms with Crippen LogP contribution in [-0.2, 0) is 26.4 Å². The van der Waals surface area contributed by atoms with Gasteiger partial charge < -0.3 is 14.2 Å². The fourth-order valence-electron chi connectivity index (χ4n) is 4.18. The van der Waals surface area contributed by atoms with Crippen LogP contribution in [0.1, 0.15) is 47.9 Å². The number of nitriles is 1. The van der Waals surface area contributed by atoms with Crippen LogP contribution in [0.15, 0.2) is 42.5 Å². The molecule has 1 fully saturated rings. The van der Waals surface area contributed by atoms with Gasteiger partial charge in [-0.15, -0.1) is 0 Å². The van der Waals surface area contributed by atoms with Crippen molar-refractivity contribution in [2.45, 2.75) is 44.0 Å². The maximum absolute atomic E-state index is 13.5. The third-order valence-corrected chi connectivity index (χ3v) is 5.60. The van der Waals surface area contributed by atoms with E-state index in [9.17, 15) is 9.65 Å². The zero-order valence-corrected chi connectivity index (χ0v) is 15.8. The zero-order valence-electron chi connectivity index (χ0n) is 15.8. The first-order chi connectivity index (χ1) is 13.7. The van der Waals surface area contributed by atoms with Crippen molar-refractivity contribution >= 4 is 0 Å². The van der Waals surface area contributed by atoms with Gasteiger partial charge >= 0.3 is 0 Å². The average Bonchev–Trinajstić information content (AvgIpc) is 3.11. The molecule has 2 aromatic carbocycles. The van der Waals surface area contributed by atoms with Crippen molar-refractivity contribution in [2.24, 2.45) is 0 Å². The smallest absolute Gasteiger partial charge is 0.123 e. The third kappa shape index (κ3) is 3.81. The first kappa shape index (κ1) is 19.1. The van der Waals surface area contributed by atoms with Gasteiger partial charge in [-0.25, -0.2) is 4.39 Å². The van der Waals surface area contributed by atoms with E-state index in [-0.39, 0.29) is 11.9 Å². The van der Waals surface area contributed by atoms with Crippen LogP contribution in [0.25, 0.3) is 0 Å². The molecule has 2 atom stereocenters. The summed E-state index contributed by atoms with van der Waals surface area (Å²) in [6.45, 7) is 2.56. The lowest BCUT2D eigenvalue weighted by Crippen LogP contribution is -2.29. The van der Waals surface area contributed by atoms with Gasteiger partial charge in [-0.2, -0.15) is 5.26 Å². The summed E-state index contributed by atoms with van der Waals surface area (Å²) in [5.74, 6) is -0.266. The Morgan fingerprint density at radius 2 is 2.07 bits per heavy atom. The lowest BCUT2D eigenvalue weighted by Gasteiger charge is -2.31. The summed E-state index contributed by atoms with van der Waals surface area (Å²) < 4.78 is 31.3. The minimum Gasteiger partial charge on any atom is -0.379 e. The molecule has 0 radical (unpaired) electrons. The molecule has 4 rings (SSSR count). The first-order valence-electron chi connectivity index (χ1n) is 9.84. The number of hydrogen-bond acceptors (Lipinski definition) is 4. The maximum Gasteiger partial charge on any atom is 0.123 e. The zero-order chi connectivity index (χ0) is 19.4. The van der Waals surface area contributed by atoms with E-state index in [2.05, 4.69) is 6.07 Å². The molecule has 0 amide bonds. The highest BCUT2D eigenvalue weighted by atomic mass is 19.1. The predicted octanol–water partition coefficient (Wildman–Crippen LogP) is 4.45. The molecular formula is C23H24FNO3. The van der Waals surface area contributed by atoms with Crippen LogP contribution < -0.4 is 0 Å². The summed E-state index contributed by atoms with van der Waals surface area (Å²) in [5.41, 5.74) is 2.99. The van der Waals surface area contributed by atoms with Gasteiger partial charge in [-0.3, -0.25) is 0 Å². The lowest BCUT2D eigenvalue weighted by molar-refractivity contribution is -0.0593. The van der Waals surface area contributed by atoms with E-state index in [1.54, 1.807) is 12.1 Å². The SMILES string of the molecule is N#Cc1ccc2c(c1)COC2(CCCOC1CCCOC1)c1ccc(F)cc1. The Labute approximate surface area is 164 Å². The van der Waals surface area contributed by atoms with E-state index in [4.69, 9.17) is 14.2 Å². The summed E-state index contributed by atoms with van der Waals surface area (Å²) >= 11 is 0. The van der Waals surface area contributed by atoms with Crippen LogP contribution in [0.3, 0.4) is 0 Å². The topological polar surface area (TPSA) is 51.5 Å². The molecule has 2 unspecified atom stereocenters. The van der Waals surface area contributed by atoms with Crippen molar-refractivity contribution < 1.29 is 18.6 Å². The van der Waals surface area contributed by atoms with E-state index in [1.807, 2.05) is 18.2 Å². The third-order valence-electron chi connectivity index (χ3n) is 5.60. The molecule has 0 spiro atoms. The van der Waals surface area contributed by atoms with Gasteiger partial charge in [0.25, 0.3) is 0 Å². The molecule has 0 N–H and O–H groups in total. The molecule has 0 bridgehead atoms. The molecule has 2 heterocycles. The number of fused-ring (bicyclic) bond motifs is 1. The Kier molecular flexibility index (Phi) is 5.72. The van der Waals surface area contributed by atoms with Crippen molar-refractivity contribution in [1.82, 2.24) is 0 Å². The van der Waals surface area contributed by atoms with Crippen molar-refractivity contribution in [3.63, 3.8) is 0 Å². The van der Waals surface area contributed by atoms with E-state index in [0.29, 0.717) is 25.4 Å². The van der Waals surface area contributed by atoms with Crippen LogP contribution in [0, 0.1) is 17.1 Å². The minimum atomic E-state index is -0.635. The number of hydrogen-bond donors (Lipinski definition) is 0. The number of benzene rings is 2. The highest BCUT2D eigenvalue weighted by Gasteiger charge is 2.41. The summed E-state index contributed by atoms with van der Waals surface area (Å²) in [6.07, 6.45) is 3.80. The Balaban J connectivity index is 1.54. The molecule has 28 heavy (non-hydrogen) atoms. The monoisotopic (exact) mass is 381 g/mol. The number of halogens is 1. The summed E-state index contributed by atoms with van der Waals surface area (Å²) in [4.78, 5) is 0. The number of ether oxygens (including phenoxy) is 3. The Morgan fingerprint density at radius 3 is 2.82 bits per heavy atom. The van der Waals surface area contributed by atoms with Gasteiger partial charge in [-0.05, 0) is 66.6 Å². The molecule has 146 valence electrons. The largest absolute Gasteiger partial charge is 0.379 e.